The molecule has 3 nitrogen and oxygen atoms in total. The van der Waals surface area contributed by atoms with E-state index in [1.165, 1.54) is 11.3 Å². The lowest BCUT2D eigenvalue weighted by Gasteiger charge is -1.95. The Labute approximate surface area is 89.0 Å². The number of benzene rings is 1. The zero-order valence-corrected chi connectivity index (χ0v) is 8.60. The van der Waals surface area contributed by atoms with Crippen molar-refractivity contribution in [3.05, 3.63) is 28.2 Å². The maximum Gasteiger partial charge on any atom is 0.307 e. The number of nitrogens with zero attached hydrogens (tertiary/aromatic N) is 1. The fourth-order valence-electron chi connectivity index (χ4n) is 1.23. The van der Waals surface area contributed by atoms with Crippen molar-refractivity contribution in [2.24, 2.45) is 0 Å². The highest BCUT2D eigenvalue weighted by molar-refractivity contribution is 7.22. The number of hydrogen-bond donors (Lipinski definition) is 1. The summed E-state index contributed by atoms with van der Waals surface area (Å²) in [5.74, 6) is -0.842. The minimum absolute atomic E-state index is 0.0189. The zero-order valence-electron chi connectivity index (χ0n) is 7.03. The van der Waals surface area contributed by atoms with Crippen LogP contribution in [0.25, 0.3) is 10.2 Å². The van der Waals surface area contributed by atoms with Crippen LogP contribution in [-0.2, 0) is 11.2 Å². The number of halogens is 1. The van der Waals surface area contributed by atoms with Crippen molar-refractivity contribution in [3.8, 4) is 0 Å². The standard InChI is InChI=1S/C9H6ClNO2S/c10-9-11-6-3-5(4-8(12)13)1-2-7(6)14-9/h1-3H,4H2,(H,12,13). The van der Waals surface area contributed by atoms with Crippen LogP contribution in [-0.4, -0.2) is 16.1 Å². The van der Waals surface area contributed by atoms with E-state index in [0.717, 1.165) is 15.8 Å². The van der Waals surface area contributed by atoms with Crippen molar-refractivity contribution in [1.29, 1.82) is 0 Å². The van der Waals surface area contributed by atoms with E-state index in [1.54, 1.807) is 12.1 Å². The lowest BCUT2D eigenvalue weighted by atomic mass is 10.1. The number of thiazole rings is 1. The smallest absolute Gasteiger partial charge is 0.307 e. The number of hydrogen-bond acceptors (Lipinski definition) is 3. The summed E-state index contributed by atoms with van der Waals surface area (Å²) in [5.41, 5.74) is 1.51. The van der Waals surface area contributed by atoms with Crippen molar-refractivity contribution in [3.63, 3.8) is 0 Å². The summed E-state index contributed by atoms with van der Waals surface area (Å²) in [6.07, 6.45) is 0.0189. The molecule has 0 bridgehead atoms. The zero-order chi connectivity index (χ0) is 10.1. The van der Waals surface area contributed by atoms with Gasteiger partial charge in [0, 0.05) is 0 Å². The summed E-state index contributed by atoms with van der Waals surface area (Å²) in [6, 6.07) is 5.38. The Kier molecular flexibility index (Phi) is 2.39. The van der Waals surface area contributed by atoms with Gasteiger partial charge >= 0.3 is 5.97 Å². The molecule has 1 aromatic carbocycles. The molecule has 0 saturated carbocycles. The maximum atomic E-state index is 10.5. The number of carbonyl (C=O) groups is 1. The average molecular weight is 228 g/mol. The molecule has 0 aliphatic carbocycles. The molecule has 72 valence electrons. The predicted octanol–water partition coefficient (Wildman–Crippen LogP) is 2.58. The first-order chi connectivity index (χ1) is 6.65. The van der Waals surface area contributed by atoms with Gasteiger partial charge in [-0.25, -0.2) is 4.98 Å². The van der Waals surface area contributed by atoms with Gasteiger partial charge in [0.15, 0.2) is 4.47 Å². The van der Waals surface area contributed by atoms with Crippen molar-refractivity contribution >= 4 is 39.1 Å². The van der Waals surface area contributed by atoms with E-state index in [2.05, 4.69) is 4.98 Å². The monoisotopic (exact) mass is 227 g/mol. The third-order valence-electron chi connectivity index (χ3n) is 1.78. The molecule has 14 heavy (non-hydrogen) atoms. The molecule has 1 N–H and O–H groups in total. The fraction of sp³-hybridized carbons (Fsp3) is 0.111. The van der Waals surface area contributed by atoms with Gasteiger partial charge in [0.05, 0.1) is 16.6 Å². The molecule has 0 radical (unpaired) electrons. The minimum atomic E-state index is -0.842. The predicted molar refractivity (Wildman–Crippen MR) is 56.0 cm³/mol. The second kappa shape index (κ2) is 3.55. The highest BCUT2D eigenvalue weighted by Crippen LogP contribution is 2.26. The van der Waals surface area contributed by atoms with Crippen molar-refractivity contribution < 1.29 is 9.90 Å². The van der Waals surface area contributed by atoms with Gasteiger partial charge < -0.3 is 5.11 Å². The molecule has 2 aromatic rings. The molecule has 0 saturated heterocycles. The topological polar surface area (TPSA) is 50.2 Å². The van der Waals surface area contributed by atoms with Gasteiger partial charge in [-0.2, -0.15) is 0 Å². The molecule has 0 aliphatic heterocycles. The van der Waals surface area contributed by atoms with Crippen LogP contribution in [0.5, 0.6) is 0 Å². The van der Waals surface area contributed by atoms with Crippen molar-refractivity contribution in [1.82, 2.24) is 4.98 Å². The van der Waals surface area contributed by atoms with Crippen LogP contribution >= 0.6 is 22.9 Å². The Morgan fingerprint density at radius 2 is 2.36 bits per heavy atom. The Hall–Kier alpha value is -1.13. The van der Waals surface area contributed by atoms with E-state index in [4.69, 9.17) is 16.7 Å². The van der Waals surface area contributed by atoms with Crippen molar-refractivity contribution in [2.75, 3.05) is 0 Å². The van der Waals surface area contributed by atoms with Gasteiger partial charge in [-0.15, -0.1) is 11.3 Å². The quantitative estimate of drug-likeness (QED) is 0.858. The normalized spacial score (nSPS) is 10.6. The van der Waals surface area contributed by atoms with Gasteiger partial charge in [0.2, 0.25) is 0 Å². The summed E-state index contributed by atoms with van der Waals surface area (Å²) in [7, 11) is 0. The molecule has 2 rings (SSSR count). The van der Waals surface area contributed by atoms with Crippen LogP contribution < -0.4 is 0 Å². The number of carboxylic acids is 1. The van der Waals surface area contributed by atoms with E-state index in [0.29, 0.717) is 4.47 Å². The largest absolute Gasteiger partial charge is 0.481 e. The molecule has 0 spiro atoms. The number of aliphatic carboxylic acids is 1. The molecular formula is C9H6ClNO2S. The molecule has 0 atom stereocenters. The average Bonchev–Trinajstić information content (AvgIpc) is 2.42. The van der Waals surface area contributed by atoms with Crippen molar-refractivity contribution in [2.45, 2.75) is 6.42 Å². The minimum Gasteiger partial charge on any atom is -0.481 e. The number of carboxylic acid groups (broad SMARTS) is 1. The Morgan fingerprint density at radius 1 is 1.57 bits per heavy atom. The first-order valence-electron chi connectivity index (χ1n) is 3.92. The van der Waals surface area contributed by atoms with Gasteiger partial charge in [0.1, 0.15) is 0 Å². The van der Waals surface area contributed by atoms with E-state index in [9.17, 15) is 4.79 Å². The van der Waals surface area contributed by atoms with Crippen LogP contribution in [0.2, 0.25) is 4.47 Å². The lowest BCUT2D eigenvalue weighted by molar-refractivity contribution is -0.136. The highest BCUT2D eigenvalue weighted by Gasteiger charge is 2.05. The summed E-state index contributed by atoms with van der Waals surface area (Å²) >= 11 is 7.12. The van der Waals surface area contributed by atoms with Gasteiger partial charge in [-0.3, -0.25) is 4.79 Å². The highest BCUT2D eigenvalue weighted by atomic mass is 35.5. The second-order valence-corrected chi connectivity index (χ2v) is 4.45. The van der Waals surface area contributed by atoms with E-state index < -0.39 is 5.97 Å². The van der Waals surface area contributed by atoms with Crippen LogP contribution in [0.3, 0.4) is 0 Å². The molecule has 0 fully saturated rings. The third-order valence-corrected chi connectivity index (χ3v) is 2.92. The molecule has 0 amide bonds. The Bertz CT molecular complexity index is 495. The number of fused-ring (bicyclic) bond motifs is 1. The number of rotatable bonds is 2. The maximum absolute atomic E-state index is 10.5. The van der Waals surface area contributed by atoms with Crippen LogP contribution in [0.1, 0.15) is 5.56 Å². The molecule has 0 aliphatic rings. The number of aromatic nitrogens is 1. The first-order valence-corrected chi connectivity index (χ1v) is 5.11. The third kappa shape index (κ3) is 1.86. The van der Waals surface area contributed by atoms with E-state index in [1.807, 2.05) is 6.07 Å². The van der Waals surface area contributed by atoms with Crippen LogP contribution in [0, 0.1) is 0 Å². The summed E-state index contributed by atoms with van der Waals surface area (Å²) in [4.78, 5) is 14.5. The summed E-state index contributed by atoms with van der Waals surface area (Å²) in [6.45, 7) is 0. The van der Waals surface area contributed by atoms with Gasteiger partial charge in [-0.1, -0.05) is 17.7 Å². The molecule has 1 aromatic heterocycles. The Balaban J connectivity index is 2.45. The lowest BCUT2D eigenvalue weighted by Crippen LogP contribution is -1.99. The molecular weight excluding hydrogens is 222 g/mol. The summed E-state index contributed by atoms with van der Waals surface area (Å²) < 4.78 is 1.46. The Morgan fingerprint density at radius 3 is 3.07 bits per heavy atom. The fourth-order valence-corrected chi connectivity index (χ4v) is 2.24. The molecule has 5 heteroatoms. The molecule has 0 unspecified atom stereocenters. The van der Waals surface area contributed by atoms with E-state index >= 15 is 0 Å². The van der Waals surface area contributed by atoms with Gasteiger partial charge in [-0.05, 0) is 17.7 Å². The van der Waals surface area contributed by atoms with Gasteiger partial charge in [0.25, 0.3) is 0 Å². The SMILES string of the molecule is O=C(O)Cc1ccc2sc(Cl)nc2c1. The summed E-state index contributed by atoms with van der Waals surface area (Å²) in [5, 5.41) is 8.60. The van der Waals surface area contributed by atoms with Crippen LogP contribution in [0.4, 0.5) is 0 Å². The van der Waals surface area contributed by atoms with E-state index in [-0.39, 0.29) is 6.42 Å². The second-order valence-electron chi connectivity index (χ2n) is 2.84. The molecule has 1 heterocycles. The van der Waals surface area contributed by atoms with Crippen LogP contribution in [0.15, 0.2) is 18.2 Å². The first kappa shape index (κ1) is 9.43.